The highest BCUT2D eigenvalue weighted by Gasteiger charge is 2.20. The molecule has 1 unspecified atom stereocenters. The molecule has 0 bridgehead atoms. The van der Waals surface area contributed by atoms with Crippen LogP contribution in [0, 0.1) is 5.92 Å². The number of phenolic OH excluding ortho intramolecular Hbond substituents is 1. The van der Waals surface area contributed by atoms with Gasteiger partial charge < -0.3 is 10.8 Å². The van der Waals surface area contributed by atoms with Crippen LogP contribution in [0.3, 0.4) is 0 Å². The van der Waals surface area contributed by atoms with Crippen LogP contribution >= 0.6 is 0 Å². The van der Waals surface area contributed by atoms with Gasteiger partial charge in [0.1, 0.15) is 5.75 Å². The number of hydrogen-bond acceptors (Lipinski definition) is 3. The molecule has 0 aliphatic heterocycles. The Labute approximate surface area is 96.3 Å². The molecule has 1 atom stereocenters. The first-order valence-corrected chi connectivity index (χ1v) is 5.72. The van der Waals surface area contributed by atoms with Gasteiger partial charge in [0.15, 0.2) is 5.78 Å². The molecule has 0 amide bonds. The molecule has 0 heterocycles. The average molecular weight is 221 g/mol. The maximum atomic E-state index is 12.1. The summed E-state index contributed by atoms with van der Waals surface area (Å²) in [6.07, 6.45) is 2.61. The van der Waals surface area contributed by atoms with Crippen LogP contribution < -0.4 is 5.73 Å². The third kappa shape index (κ3) is 2.75. The predicted molar refractivity (Wildman–Crippen MR) is 65.5 cm³/mol. The van der Waals surface area contributed by atoms with E-state index in [0.29, 0.717) is 11.3 Å². The first-order valence-electron chi connectivity index (χ1n) is 5.72. The van der Waals surface area contributed by atoms with Crippen molar-refractivity contribution in [2.45, 2.75) is 33.1 Å². The summed E-state index contributed by atoms with van der Waals surface area (Å²) in [5, 5.41) is 9.64. The number of nitrogen functional groups attached to an aromatic ring is 1. The summed E-state index contributed by atoms with van der Waals surface area (Å²) in [7, 11) is 0. The van der Waals surface area contributed by atoms with Gasteiger partial charge in [0.25, 0.3) is 0 Å². The molecule has 1 aromatic carbocycles. The molecule has 0 saturated carbocycles. The van der Waals surface area contributed by atoms with Gasteiger partial charge >= 0.3 is 0 Å². The van der Waals surface area contributed by atoms with E-state index in [-0.39, 0.29) is 17.5 Å². The third-order valence-corrected chi connectivity index (χ3v) is 2.79. The van der Waals surface area contributed by atoms with Crippen LogP contribution in [0.15, 0.2) is 18.2 Å². The zero-order chi connectivity index (χ0) is 12.1. The summed E-state index contributed by atoms with van der Waals surface area (Å²) in [5.74, 6) is 0.000558. The van der Waals surface area contributed by atoms with Crippen molar-refractivity contribution >= 4 is 11.5 Å². The van der Waals surface area contributed by atoms with E-state index < -0.39 is 0 Å². The molecule has 0 saturated heterocycles. The van der Waals surface area contributed by atoms with Crippen LogP contribution in [0.4, 0.5) is 5.69 Å². The number of Topliss-reactive ketones (excluding diaryl/α,β-unsaturated/α-hetero) is 1. The number of ketones is 1. The number of rotatable bonds is 5. The van der Waals surface area contributed by atoms with Crippen molar-refractivity contribution in [1.29, 1.82) is 0 Å². The molecule has 88 valence electrons. The zero-order valence-electron chi connectivity index (χ0n) is 9.86. The van der Waals surface area contributed by atoms with Crippen molar-refractivity contribution in [3.63, 3.8) is 0 Å². The van der Waals surface area contributed by atoms with Gasteiger partial charge in [0, 0.05) is 11.6 Å². The molecule has 0 radical (unpaired) electrons. The van der Waals surface area contributed by atoms with Crippen molar-refractivity contribution in [3.05, 3.63) is 23.8 Å². The van der Waals surface area contributed by atoms with Crippen LogP contribution in [-0.4, -0.2) is 10.9 Å². The van der Waals surface area contributed by atoms with E-state index in [9.17, 15) is 9.90 Å². The van der Waals surface area contributed by atoms with Crippen LogP contribution in [0.25, 0.3) is 0 Å². The normalized spacial score (nSPS) is 12.4. The Morgan fingerprint density at radius 1 is 1.44 bits per heavy atom. The van der Waals surface area contributed by atoms with E-state index in [2.05, 4.69) is 6.92 Å². The average Bonchev–Trinajstić information content (AvgIpc) is 2.28. The smallest absolute Gasteiger partial charge is 0.169 e. The lowest BCUT2D eigenvalue weighted by atomic mass is 9.91. The quantitative estimate of drug-likeness (QED) is 0.456. The van der Waals surface area contributed by atoms with Crippen molar-refractivity contribution in [1.82, 2.24) is 0 Å². The van der Waals surface area contributed by atoms with E-state index in [1.165, 1.54) is 6.07 Å². The topological polar surface area (TPSA) is 63.3 Å². The molecule has 3 heteroatoms. The highest BCUT2D eigenvalue weighted by Crippen LogP contribution is 2.25. The fourth-order valence-electron chi connectivity index (χ4n) is 1.84. The zero-order valence-corrected chi connectivity index (χ0v) is 9.86. The number of aromatic hydroxyl groups is 1. The summed E-state index contributed by atoms with van der Waals surface area (Å²) in [6.45, 7) is 4.04. The Hall–Kier alpha value is -1.51. The number of carbonyl (C=O) groups excluding carboxylic acids is 1. The lowest BCUT2D eigenvalue weighted by molar-refractivity contribution is 0.0906. The number of benzene rings is 1. The standard InChI is InChI=1S/C13H19NO2/c1-3-5-9(4-2)13(16)11-8-10(14)6-7-12(11)15/h6-9,15H,3-5,14H2,1-2H3. The largest absolute Gasteiger partial charge is 0.507 e. The summed E-state index contributed by atoms with van der Waals surface area (Å²) in [5.41, 5.74) is 6.47. The number of phenols is 1. The maximum Gasteiger partial charge on any atom is 0.169 e. The Kier molecular flexibility index (Phi) is 4.35. The molecule has 3 nitrogen and oxygen atoms in total. The van der Waals surface area contributed by atoms with Gasteiger partial charge in [-0.25, -0.2) is 0 Å². The van der Waals surface area contributed by atoms with Crippen molar-refractivity contribution in [2.24, 2.45) is 5.92 Å². The number of nitrogens with two attached hydrogens (primary N) is 1. The van der Waals surface area contributed by atoms with E-state index in [1.807, 2.05) is 6.92 Å². The van der Waals surface area contributed by atoms with Gasteiger partial charge in [-0.05, 0) is 31.0 Å². The van der Waals surface area contributed by atoms with E-state index in [0.717, 1.165) is 19.3 Å². The van der Waals surface area contributed by atoms with E-state index in [4.69, 9.17) is 5.73 Å². The van der Waals surface area contributed by atoms with Crippen molar-refractivity contribution in [3.8, 4) is 5.75 Å². The van der Waals surface area contributed by atoms with Gasteiger partial charge in [-0.15, -0.1) is 0 Å². The van der Waals surface area contributed by atoms with Crippen LogP contribution in [0.2, 0.25) is 0 Å². The SMILES string of the molecule is CCCC(CC)C(=O)c1cc(N)ccc1O. The molecule has 0 aromatic heterocycles. The van der Waals surface area contributed by atoms with Gasteiger partial charge in [0.2, 0.25) is 0 Å². The molecular formula is C13H19NO2. The predicted octanol–water partition coefficient (Wildman–Crippen LogP) is 2.98. The molecule has 0 spiro atoms. The number of hydrogen-bond donors (Lipinski definition) is 2. The minimum atomic E-state index is -0.0160. The maximum absolute atomic E-state index is 12.1. The van der Waals surface area contributed by atoms with Crippen LogP contribution in [-0.2, 0) is 0 Å². The lowest BCUT2D eigenvalue weighted by Crippen LogP contribution is -2.14. The highest BCUT2D eigenvalue weighted by molar-refractivity contribution is 6.00. The first-order chi connectivity index (χ1) is 7.60. The summed E-state index contributed by atoms with van der Waals surface area (Å²) in [6, 6.07) is 4.62. The van der Waals surface area contributed by atoms with E-state index in [1.54, 1.807) is 12.1 Å². The Bertz CT molecular complexity index is 374. The fraction of sp³-hybridized carbons (Fsp3) is 0.462. The monoisotopic (exact) mass is 221 g/mol. The molecule has 3 N–H and O–H groups in total. The van der Waals surface area contributed by atoms with Crippen molar-refractivity contribution in [2.75, 3.05) is 5.73 Å². The molecular weight excluding hydrogens is 202 g/mol. The van der Waals surface area contributed by atoms with Gasteiger partial charge in [-0.3, -0.25) is 4.79 Å². The van der Waals surface area contributed by atoms with Gasteiger partial charge in [-0.1, -0.05) is 20.3 Å². The molecule has 0 aliphatic rings. The molecule has 0 fully saturated rings. The fourth-order valence-corrected chi connectivity index (χ4v) is 1.84. The molecule has 1 aromatic rings. The summed E-state index contributed by atoms with van der Waals surface area (Å²) in [4.78, 5) is 12.1. The first kappa shape index (κ1) is 12.6. The molecule has 16 heavy (non-hydrogen) atoms. The Morgan fingerprint density at radius 3 is 2.69 bits per heavy atom. The van der Waals surface area contributed by atoms with Crippen LogP contribution in [0.5, 0.6) is 5.75 Å². The number of carbonyl (C=O) groups is 1. The van der Waals surface area contributed by atoms with E-state index >= 15 is 0 Å². The Morgan fingerprint density at radius 2 is 2.12 bits per heavy atom. The second kappa shape index (κ2) is 5.54. The molecule has 1 rings (SSSR count). The van der Waals surface area contributed by atoms with Gasteiger partial charge in [0.05, 0.1) is 5.56 Å². The third-order valence-electron chi connectivity index (χ3n) is 2.79. The second-order valence-corrected chi connectivity index (χ2v) is 4.03. The number of anilines is 1. The lowest BCUT2D eigenvalue weighted by Gasteiger charge is -2.13. The summed E-state index contributed by atoms with van der Waals surface area (Å²) < 4.78 is 0. The van der Waals surface area contributed by atoms with Crippen LogP contribution in [0.1, 0.15) is 43.5 Å². The molecule has 0 aliphatic carbocycles. The summed E-state index contributed by atoms with van der Waals surface area (Å²) >= 11 is 0. The minimum absolute atomic E-state index is 0.00542. The second-order valence-electron chi connectivity index (χ2n) is 4.03. The van der Waals surface area contributed by atoms with Crippen molar-refractivity contribution < 1.29 is 9.90 Å². The minimum Gasteiger partial charge on any atom is -0.507 e. The Balaban J connectivity index is 2.98. The van der Waals surface area contributed by atoms with Gasteiger partial charge in [-0.2, -0.15) is 0 Å². The highest BCUT2D eigenvalue weighted by atomic mass is 16.3.